The number of aliphatic carboxylic acids is 1. The summed E-state index contributed by atoms with van der Waals surface area (Å²) in [4.78, 5) is 21.3. The van der Waals surface area contributed by atoms with Crippen LogP contribution in [-0.4, -0.2) is 28.9 Å². The summed E-state index contributed by atoms with van der Waals surface area (Å²) in [7, 11) is 1.29. The molecule has 4 aromatic rings. The Kier molecular flexibility index (Phi) is 7.48. The fourth-order valence-electron chi connectivity index (χ4n) is 3.87. The van der Waals surface area contributed by atoms with Gasteiger partial charge in [-0.2, -0.15) is 0 Å². The summed E-state index contributed by atoms with van der Waals surface area (Å²) >= 11 is 1.24. The van der Waals surface area contributed by atoms with Crippen molar-refractivity contribution in [3.63, 3.8) is 0 Å². The number of benzene rings is 3. The quantitative estimate of drug-likeness (QED) is 0.222. The molecule has 0 aliphatic rings. The molecule has 0 unspecified atom stereocenters. The third-order valence-electron chi connectivity index (χ3n) is 5.20. The van der Waals surface area contributed by atoms with Crippen molar-refractivity contribution in [2.45, 2.75) is 5.41 Å². The molecule has 0 aliphatic heterocycles. The molecular weight excluding hydrogens is 458 g/mol. The molecule has 0 radical (unpaired) electrons. The zero-order valence-electron chi connectivity index (χ0n) is 17.7. The largest absolute Gasteiger partial charge is 0.476 e. The smallest absolute Gasteiger partial charge is 0.360 e. The van der Waals surface area contributed by atoms with E-state index in [1.165, 1.54) is 18.4 Å². The van der Waals surface area contributed by atoms with Gasteiger partial charge in [0.15, 0.2) is 0 Å². The summed E-state index contributed by atoms with van der Waals surface area (Å²) in [5.74, 6) is -1.26. The van der Waals surface area contributed by atoms with Crippen LogP contribution in [0, 0.1) is 0 Å². The molecule has 0 amide bonds. The van der Waals surface area contributed by atoms with Crippen molar-refractivity contribution in [3.8, 4) is 0 Å². The minimum Gasteiger partial charge on any atom is -0.476 e. The van der Waals surface area contributed by atoms with Gasteiger partial charge in [-0.05, 0) is 16.7 Å². The van der Waals surface area contributed by atoms with Crippen LogP contribution in [0.1, 0.15) is 27.4 Å². The maximum absolute atomic E-state index is 11.8. The molecule has 0 saturated carbocycles. The summed E-state index contributed by atoms with van der Waals surface area (Å²) in [6.07, 6.45) is 0. The number of oxime groups is 1. The van der Waals surface area contributed by atoms with E-state index >= 15 is 0 Å². The second-order valence-corrected chi connectivity index (χ2v) is 8.04. The van der Waals surface area contributed by atoms with Crippen LogP contribution in [0.3, 0.4) is 0 Å². The summed E-state index contributed by atoms with van der Waals surface area (Å²) in [5, 5.41) is 14.2. The van der Waals surface area contributed by atoms with Crippen LogP contribution < -0.4 is 5.73 Å². The monoisotopic (exact) mass is 479 g/mol. The van der Waals surface area contributed by atoms with Crippen molar-refractivity contribution < 1.29 is 14.7 Å². The first kappa shape index (κ1) is 24.0. The van der Waals surface area contributed by atoms with Crippen LogP contribution in [0.15, 0.2) is 96.2 Å². The first-order valence-corrected chi connectivity index (χ1v) is 10.7. The Morgan fingerprint density at radius 2 is 1.33 bits per heavy atom. The summed E-state index contributed by atoms with van der Waals surface area (Å²) in [6.45, 7) is 0. The highest BCUT2D eigenvalue weighted by Gasteiger charge is 2.42. The molecule has 0 saturated heterocycles. The normalized spacial score (nSPS) is 11.5. The lowest BCUT2D eigenvalue weighted by Crippen LogP contribution is -2.31. The molecule has 0 bridgehead atoms. The number of hydrogen-bond donors (Lipinski definition) is 2. The molecule has 1 aromatic heterocycles. The number of thiazole rings is 1. The Labute approximate surface area is 201 Å². The topological polar surface area (TPSA) is 97.8 Å². The van der Waals surface area contributed by atoms with Crippen LogP contribution in [0.5, 0.6) is 0 Å². The Morgan fingerprint density at radius 1 is 0.909 bits per heavy atom. The number of carboxylic acid groups (broad SMARTS) is 1. The fourth-order valence-corrected chi connectivity index (χ4v) is 4.96. The number of rotatable bonds is 7. The van der Waals surface area contributed by atoms with Gasteiger partial charge in [0.1, 0.15) is 22.8 Å². The Balaban J connectivity index is 0.00000306. The third kappa shape index (κ3) is 4.33. The van der Waals surface area contributed by atoms with Gasteiger partial charge < -0.3 is 15.7 Å². The van der Waals surface area contributed by atoms with Crippen LogP contribution in [-0.2, 0) is 15.0 Å². The first-order valence-electron chi connectivity index (χ1n) is 9.87. The van der Waals surface area contributed by atoms with Crippen molar-refractivity contribution in [3.05, 3.63) is 118 Å². The maximum atomic E-state index is 11.8. The molecule has 3 N–H and O–H groups in total. The molecule has 4 rings (SSSR count). The number of nitrogens with zero attached hydrogens (tertiary/aromatic N) is 2. The second-order valence-electron chi connectivity index (χ2n) is 7.01. The van der Waals surface area contributed by atoms with Gasteiger partial charge in [0.2, 0.25) is 5.71 Å². The number of nitrogen functional groups attached to an aromatic ring is 1. The Hall–Kier alpha value is -3.68. The van der Waals surface area contributed by atoms with Crippen LogP contribution >= 0.6 is 23.7 Å². The van der Waals surface area contributed by atoms with Crippen LogP contribution in [0.25, 0.3) is 0 Å². The number of halogens is 1. The van der Waals surface area contributed by atoms with E-state index in [0.29, 0.717) is 5.01 Å². The highest BCUT2D eigenvalue weighted by Crippen LogP contribution is 2.47. The van der Waals surface area contributed by atoms with Gasteiger partial charge in [-0.3, -0.25) is 0 Å². The van der Waals surface area contributed by atoms with Crippen molar-refractivity contribution >= 4 is 40.4 Å². The third-order valence-corrected chi connectivity index (χ3v) is 6.21. The Bertz CT molecular complexity index is 1150. The SMILES string of the molecule is CO/N=C(/C(=O)O)c1nc(C(c2ccccc2)(c2ccccc2)c2ccccc2)sc1N.Cl. The highest BCUT2D eigenvalue weighted by molar-refractivity contribution is 7.16. The van der Waals surface area contributed by atoms with Crippen molar-refractivity contribution in [2.75, 3.05) is 12.8 Å². The molecule has 8 heteroatoms. The number of carboxylic acids is 1. The minimum atomic E-state index is -1.26. The fraction of sp³-hybridized carbons (Fsp3) is 0.0800. The molecule has 1 heterocycles. The second kappa shape index (κ2) is 10.3. The molecular formula is C25H22ClN3O3S. The molecule has 0 fully saturated rings. The molecule has 6 nitrogen and oxygen atoms in total. The lowest BCUT2D eigenvalue weighted by atomic mass is 9.70. The number of carbonyl (C=O) groups is 1. The van der Waals surface area contributed by atoms with E-state index in [4.69, 9.17) is 15.6 Å². The lowest BCUT2D eigenvalue weighted by molar-refractivity contribution is -0.129. The molecule has 3 aromatic carbocycles. The molecule has 33 heavy (non-hydrogen) atoms. The minimum absolute atomic E-state index is 0. The van der Waals surface area contributed by atoms with E-state index in [1.54, 1.807) is 0 Å². The van der Waals surface area contributed by atoms with Crippen molar-refractivity contribution in [1.82, 2.24) is 4.98 Å². The van der Waals surface area contributed by atoms with Gasteiger partial charge in [-0.1, -0.05) is 107 Å². The van der Waals surface area contributed by atoms with E-state index in [2.05, 4.69) is 5.16 Å². The average Bonchev–Trinajstić information content (AvgIpc) is 3.21. The molecule has 0 spiro atoms. The van der Waals surface area contributed by atoms with E-state index < -0.39 is 11.4 Å². The van der Waals surface area contributed by atoms with Gasteiger partial charge >= 0.3 is 5.97 Å². The van der Waals surface area contributed by atoms with Gasteiger partial charge in [0.05, 0.1) is 5.41 Å². The first-order chi connectivity index (χ1) is 15.6. The standard InChI is InChI=1S/C25H21N3O3S.ClH/c1-31-28-21(23(29)30)20-22(26)32-24(27-20)25(17-11-5-2-6-12-17,18-13-7-3-8-14-18)19-15-9-4-10-16-19;/h2-16H,26H2,1H3,(H,29,30);1H/b28-21+;. The highest BCUT2D eigenvalue weighted by atomic mass is 35.5. The van der Waals surface area contributed by atoms with Gasteiger partial charge in [-0.25, -0.2) is 9.78 Å². The number of anilines is 1. The van der Waals surface area contributed by atoms with Gasteiger partial charge in [0, 0.05) is 0 Å². The number of hydrogen-bond acceptors (Lipinski definition) is 6. The number of aromatic nitrogens is 1. The molecule has 0 aliphatic carbocycles. The van der Waals surface area contributed by atoms with E-state index in [1.807, 2.05) is 91.0 Å². The predicted molar refractivity (Wildman–Crippen MR) is 133 cm³/mol. The summed E-state index contributed by atoms with van der Waals surface area (Å²) in [5.41, 5.74) is 8.19. The Morgan fingerprint density at radius 3 is 1.70 bits per heavy atom. The summed E-state index contributed by atoms with van der Waals surface area (Å²) in [6, 6.07) is 30.0. The average molecular weight is 480 g/mol. The van der Waals surface area contributed by atoms with Crippen LogP contribution in [0.2, 0.25) is 0 Å². The lowest BCUT2D eigenvalue weighted by Gasteiger charge is -2.34. The molecule has 0 atom stereocenters. The van der Waals surface area contributed by atoms with Crippen molar-refractivity contribution in [1.29, 1.82) is 0 Å². The zero-order valence-corrected chi connectivity index (χ0v) is 19.3. The summed E-state index contributed by atoms with van der Waals surface area (Å²) < 4.78 is 0. The van der Waals surface area contributed by atoms with E-state index in [0.717, 1.165) is 16.7 Å². The molecule has 168 valence electrons. The van der Waals surface area contributed by atoms with Gasteiger partial charge in [0.25, 0.3) is 0 Å². The maximum Gasteiger partial charge on any atom is 0.360 e. The predicted octanol–water partition coefficient (Wildman–Crippen LogP) is 4.96. The van der Waals surface area contributed by atoms with Gasteiger partial charge in [-0.15, -0.1) is 12.4 Å². The zero-order chi connectivity index (χ0) is 22.6. The van der Waals surface area contributed by atoms with E-state index in [-0.39, 0.29) is 28.8 Å². The van der Waals surface area contributed by atoms with E-state index in [9.17, 15) is 9.90 Å². The van der Waals surface area contributed by atoms with Crippen LogP contribution in [0.4, 0.5) is 5.00 Å². The van der Waals surface area contributed by atoms with Crippen molar-refractivity contribution in [2.24, 2.45) is 5.16 Å². The number of nitrogens with two attached hydrogens (primary N) is 1.